The molecule has 1 fully saturated rings. The van der Waals surface area contributed by atoms with E-state index >= 15 is 0 Å². The highest BCUT2D eigenvalue weighted by Gasteiger charge is 2.30. The summed E-state index contributed by atoms with van der Waals surface area (Å²) in [6.45, 7) is 2.30. The lowest BCUT2D eigenvalue weighted by atomic mass is 9.82. The summed E-state index contributed by atoms with van der Waals surface area (Å²) in [5.74, 6) is 2.74. The second-order valence-corrected chi connectivity index (χ2v) is 4.83. The van der Waals surface area contributed by atoms with Crippen LogP contribution in [0.25, 0.3) is 0 Å². The molecular formula is C14H22. The van der Waals surface area contributed by atoms with Crippen LogP contribution in [0.5, 0.6) is 0 Å². The van der Waals surface area contributed by atoms with Gasteiger partial charge in [0.25, 0.3) is 0 Å². The maximum absolute atomic E-state index is 2.46. The molecule has 0 radical (unpaired) electrons. The lowest BCUT2D eigenvalue weighted by Gasteiger charge is -2.23. The molecular weight excluding hydrogens is 168 g/mol. The molecule has 0 spiro atoms. The van der Waals surface area contributed by atoms with Crippen molar-refractivity contribution in [3.8, 4) is 0 Å². The van der Waals surface area contributed by atoms with Crippen molar-refractivity contribution in [3.05, 3.63) is 24.3 Å². The van der Waals surface area contributed by atoms with Gasteiger partial charge in [-0.1, -0.05) is 50.5 Å². The molecule has 2 rings (SSSR count). The van der Waals surface area contributed by atoms with Gasteiger partial charge in [-0.25, -0.2) is 0 Å². The van der Waals surface area contributed by atoms with Gasteiger partial charge >= 0.3 is 0 Å². The van der Waals surface area contributed by atoms with E-state index in [2.05, 4.69) is 31.2 Å². The smallest absolute Gasteiger partial charge is 0.0196 e. The Hall–Kier alpha value is -0.520. The third-order valence-corrected chi connectivity index (χ3v) is 3.89. The Balaban J connectivity index is 2.00. The number of rotatable bonds is 3. The normalized spacial score (nSPS) is 35.6. The molecule has 14 heavy (non-hydrogen) atoms. The highest BCUT2D eigenvalue weighted by atomic mass is 14.4. The predicted octanol–water partition coefficient (Wildman–Crippen LogP) is 4.34. The van der Waals surface area contributed by atoms with Crippen molar-refractivity contribution in [2.24, 2.45) is 17.8 Å². The van der Waals surface area contributed by atoms with E-state index in [4.69, 9.17) is 0 Å². The standard InChI is InChI=1S/C14H22/c1-2-3-7-12-8-4-5-9-13-10-6-11-14(12)13/h4-5,8-9,12-14H,2-3,6-7,10-11H2,1H3/t12-,13?,14?/m0/s1. The van der Waals surface area contributed by atoms with E-state index in [0.717, 1.165) is 17.8 Å². The Morgan fingerprint density at radius 2 is 2.00 bits per heavy atom. The summed E-state index contributed by atoms with van der Waals surface area (Å²) in [7, 11) is 0. The molecule has 78 valence electrons. The molecule has 0 aromatic carbocycles. The third kappa shape index (κ3) is 2.10. The number of hydrogen-bond acceptors (Lipinski definition) is 0. The summed E-state index contributed by atoms with van der Waals surface area (Å²) in [6, 6.07) is 0. The number of allylic oxidation sites excluding steroid dienone is 4. The minimum atomic E-state index is 0.873. The van der Waals surface area contributed by atoms with E-state index in [-0.39, 0.29) is 0 Å². The van der Waals surface area contributed by atoms with Crippen molar-refractivity contribution in [1.82, 2.24) is 0 Å². The Bertz CT molecular complexity index is 224. The van der Waals surface area contributed by atoms with Gasteiger partial charge in [-0.05, 0) is 37.0 Å². The molecule has 0 heteroatoms. The van der Waals surface area contributed by atoms with Crippen LogP contribution in [0, 0.1) is 17.8 Å². The Morgan fingerprint density at radius 3 is 2.86 bits per heavy atom. The average Bonchev–Trinajstić information content (AvgIpc) is 2.58. The second kappa shape index (κ2) is 4.82. The largest absolute Gasteiger partial charge is 0.0811 e. The Kier molecular flexibility index (Phi) is 3.44. The first-order valence-electron chi connectivity index (χ1n) is 6.27. The van der Waals surface area contributed by atoms with E-state index in [1.807, 2.05) is 0 Å². The van der Waals surface area contributed by atoms with Crippen LogP contribution in [0.4, 0.5) is 0 Å². The summed E-state index contributed by atoms with van der Waals surface area (Å²) in [4.78, 5) is 0. The molecule has 2 aliphatic rings. The Morgan fingerprint density at radius 1 is 1.14 bits per heavy atom. The fourth-order valence-corrected chi connectivity index (χ4v) is 3.09. The molecule has 3 atom stereocenters. The van der Waals surface area contributed by atoms with E-state index in [1.165, 1.54) is 38.5 Å². The van der Waals surface area contributed by atoms with Crippen molar-refractivity contribution in [1.29, 1.82) is 0 Å². The van der Waals surface area contributed by atoms with Crippen LogP contribution in [0.15, 0.2) is 24.3 Å². The van der Waals surface area contributed by atoms with Gasteiger partial charge in [0.05, 0.1) is 0 Å². The van der Waals surface area contributed by atoms with Crippen LogP contribution in [-0.4, -0.2) is 0 Å². The fourth-order valence-electron chi connectivity index (χ4n) is 3.09. The van der Waals surface area contributed by atoms with Crippen LogP contribution >= 0.6 is 0 Å². The van der Waals surface area contributed by atoms with Gasteiger partial charge < -0.3 is 0 Å². The first-order valence-corrected chi connectivity index (χ1v) is 6.27. The van der Waals surface area contributed by atoms with Gasteiger partial charge in [0.2, 0.25) is 0 Å². The van der Waals surface area contributed by atoms with Gasteiger partial charge in [0.1, 0.15) is 0 Å². The van der Waals surface area contributed by atoms with Crippen LogP contribution < -0.4 is 0 Å². The maximum atomic E-state index is 2.46. The highest BCUT2D eigenvalue weighted by Crippen LogP contribution is 2.41. The summed E-state index contributed by atoms with van der Waals surface area (Å²) in [6.07, 6.45) is 18.0. The molecule has 0 heterocycles. The average molecular weight is 190 g/mol. The van der Waals surface area contributed by atoms with Crippen molar-refractivity contribution in [2.45, 2.75) is 45.4 Å². The minimum Gasteiger partial charge on any atom is -0.0811 e. The van der Waals surface area contributed by atoms with Crippen LogP contribution in [0.3, 0.4) is 0 Å². The highest BCUT2D eigenvalue weighted by molar-refractivity contribution is 5.13. The van der Waals surface area contributed by atoms with Crippen LogP contribution in [0.2, 0.25) is 0 Å². The quantitative estimate of drug-likeness (QED) is 0.621. The first-order chi connectivity index (χ1) is 6.92. The second-order valence-electron chi connectivity index (χ2n) is 4.83. The third-order valence-electron chi connectivity index (χ3n) is 3.89. The summed E-state index contributed by atoms with van der Waals surface area (Å²) < 4.78 is 0. The molecule has 1 saturated carbocycles. The zero-order valence-electron chi connectivity index (χ0n) is 9.28. The van der Waals surface area contributed by atoms with Gasteiger partial charge in [-0.3, -0.25) is 0 Å². The molecule has 0 aliphatic heterocycles. The molecule has 0 nitrogen and oxygen atoms in total. The monoisotopic (exact) mass is 190 g/mol. The van der Waals surface area contributed by atoms with E-state index in [9.17, 15) is 0 Å². The van der Waals surface area contributed by atoms with E-state index in [0.29, 0.717) is 0 Å². The minimum absolute atomic E-state index is 0.873. The van der Waals surface area contributed by atoms with Gasteiger partial charge in [-0.15, -0.1) is 0 Å². The van der Waals surface area contributed by atoms with Crippen molar-refractivity contribution >= 4 is 0 Å². The van der Waals surface area contributed by atoms with Crippen LogP contribution in [0.1, 0.15) is 45.4 Å². The van der Waals surface area contributed by atoms with E-state index < -0.39 is 0 Å². The van der Waals surface area contributed by atoms with Gasteiger partial charge in [0.15, 0.2) is 0 Å². The SMILES string of the molecule is CCCC[C@H]1C=CC=CC2CCCC21. The molecule has 0 N–H and O–H groups in total. The predicted molar refractivity (Wildman–Crippen MR) is 62.1 cm³/mol. The molecule has 2 aliphatic carbocycles. The summed E-state index contributed by atoms with van der Waals surface area (Å²) >= 11 is 0. The molecule has 0 aromatic rings. The molecule has 0 bridgehead atoms. The maximum Gasteiger partial charge on any atom is -0.0196 e. The molecule has 2 unspecified atom stereocenters. The lowest BCUT2D eigenvalue weighted by molar-refractivity contribution is 0.327. The molecule has 0 aromatic heterocycles. The van der Waals surface area contributed by atoms with E-state index in [1.54, 1.807) is 0 Å². The summed E-state index contributed by atoms with van der Waals surface area (Å²) in [5.41, 5.74) is 0. The number of hydrogen-bond donors (Lipinski definition) is 0. The van der Waals surface area contributed by atoms with Crippen molar-refractivity contribution in [2.75, 3.05) is 0 Å². The fraction of sp³-hybridized carbons (Fsp3) is 0.714. The van der Waals surface area contributed by atoms with Gasteiger partial charge in [-0.2, -0.15) is 0 Å². The number of fused-ring (bicyclic) bond motifs is 1. The van der Waals surface area contributed by atoms with Crippen molar-refractivity contribution < 1.29 is 0 Å². The molecule has 0 saturated heterocycles. The lowest BCUT2D eigenvalue weighted by Crippen LogP contribution is -2.15. The van der Waals surface area contributed by atoms with Gasteiger partial charge in [0, 0.05) is 0 Å². The zero-order valence-corrected chi connectivity index (χ0v) is 9.28. The van der Waals surface area contributed by atoms with Crippen LogP contribution in [-0.2, 0) is 0 Å². The zero-order chi connectivity index (χ0) is 9.80. The number of unbranched alkanes of at least 4 members (excludes halogenated alkanes) is 1. The van der Waals surface area contributed by atoms with Crippen molar-refractivity contribution in [3.63, 3.8) is 0 Å². The first kappa shape index (κ1) is 10.0. The molecule has 0 amide bonds. The summed E-state index contributed by atoms with van der Waals surface area (Å²) in [5, 5.41) is 0. The Labute approximate surface area is 88.1 Å². The topological polar surface area (TPSA) is 0 Å².